The first-order valence-electron chi connectivity index (χ1n) is 9.00. The van der Waals surface area contributed by atoms with Gasteiger partial charge in [0.2, 0.25) is 0 Å². The van der Waals surface area contributed by atoms with E-state index in [2.05, 4.69) is 10.1 Å². The van der Waals surface area contributed by atoms with E-state index in [0.29, 0.717) is 11.1 Å². The number of alkyl halides is 2. The molecule has 156 valence electrons. The van der Waals surface area contributed by atoms with Gasteiger partial charge in [-0.2, -0.15) is 8.78 Å². The number of esters is 1. The maximum atomic E-state index is 12.4. The van der Waals surface area contributed by atoms with Crippen LogP contribution in [-0.4, -0.2) is 32.2 Å². The molecule has 3 rings (SSSR count). The Morgan fingerprint density at radius 3 is 2.47 bits per heavy atom. The molecule has 0 unspecified atom stereocenters. The third-order valence-electron chi connectivity index (χ3n) is 4.25. The Kier molecular flexibility index (Phi) is 6.79. The molecule has 3 aromatic rings. The van der Waals surface area contributed by atoms with Gasteiger partial charge in [-0.1, -0.05) is 36.4 Å². The molecule has 0 aromatic heterocycles. The van der Waals surface area contributed by atoms with Gasteiger partial charge in [0.1, 0.15) is 0 Å². The molecule has 1 amide bonds. The van der Waals surface area contributed by atoms with Crippen molar-refractivity contribution in [2.24, 2.45) is 0 Å². The minimum Gasteiger partial charge on any atom is -0.493 e. The molecule has 0 spiro atoms. The summed E-state index contributed by atoms with van der Waals surface area (Å²) >= 11 is 0. The fourth-order valence-electron chi connectivity index (χ4n) is 2.80. The van der Waals surface area contributed by atoms with Crippen molar-refractivity contribution in [1.82, 2.24) is 5.32 Å². The topological polar surface area (TPSA) is 73.9 Å². The second-order valence-electron chi connectivity index (χ2n) is 6.28. The van der Waals surface area contributed by atoms with Crippen LogP contribution >= 0.6 is 0 Å². The van der Waals surface area contributed by atoms with Crippen molar-refractivity contribution < 1.29 is 32.6 Å². The van der Waals surface area contributed by atoms with Crippen molar-refractivity contribution in [1.29, 1.82) is 0 Å². The summed E-state index contributed by atoms with van der Waals surface area (Å²) in [6.45, 7) is -3.32. The van der Waals surface area contributed by atoms with Crippen LogP contribution in [-0.2, 0) is 16.1 Å². The number of benzene rings is 3. The molecule has 0 saturated heterocycles. The Labute approximate surface area is 171 Å². The van der Waals surface area contributed by atoms with Crippen LogP contribution in [0.15, 0.2) is 60.7 Å². The normalized spacial score (nSPS) is 10.7. The first kappa shape index (κ1) is 21.0. The second-order valence-corrected chi connectivity index (χ2v) is 6.28. The van der Waals surface area contributed by atoms with Crippen LogP contribution in [0.1, 0.15) is 15.9 Å². The lowest BCUT2D eigenvalue weighted by Gasteiger charge is -2.12. The fraction of sp³-hybridized carbons (Fsp3) is 0.182. The van der Waals surface area contributed by atoms with Gasteiger partial charge >= 0.3 is 12.6 Å². The summed E-state index contributed by atoms with van der Waals surface area (Å²) in [6.07, 6.45) is 0. The van der Waals surface area contributed by atoms with Crippen molar-refractivity contribution in [2.75, 3.05) is 13.7 Å². The summed E-state index contributed by atoms with van der Waals surface area (Å²) in [5, 5.41) is 4.47. The van der Waals surface area contributed by atoms with Gasteiger partial charge < -0.3 is 19.5 Å². The minimum atomic E-state index is -2.97. The number of carbonyl (C=O) groups is 2. The second kappa shape index (κ2) is 9.69. The molecule has 0 bridgehead atoms. The first-order chi connectivity index (χ1) is 14.5. The zero-order valence-electron chi connectivity index (χ0n) is 16.1. The summed E-state index contributed by atoms with van der Waals surface area (Å²) in [5.74, 6) is -1.10. The van der Waals surface area contributed by atoms with Gasteiger partial charge in [-0.15, -0.1) is 0 Å². The molecular formula is C22H19F2NO5. The first-order valence-corrected chi connectivity index (χ1v) is 9.00. The molecule has 3 aromatic carbocycles. The molecule has 0 aliphatic carbocycles. The van der Waals surface area contributed by atoms with Crippen molar-refractivity contribution in [3.63, 3.8) is 0 Å². The molecule has 0 radical (unpaired) electrons. The molecule has 1 N–H and O–H groups in total. The molecule has 0 aliphatic rings. The Morgan fingerprint density at radius 1 is 0.967 bits per heavy atom. The molecule has 8 heteroatoms. The maximum Gasteiger partial charge on any atom is 0.387 e. The van der Waals surface area contributed by atoms with Crippen molar-refractivity contribution in [2.45, 2.75) is 13.2 Å². The predicted molar refractivity (Wildman–Crippen MR) is 106 cm³/mol. The van der Waals surface area contributed by atoms with E-state index in [1.165, 1.54) is 25.3 Å². The summed E-state index contributed by atoms with van der Waals surface area (Å²) < 4.78 is 39.1. The number of fused-ring (bicyclic) bond motifs is 1. The Morgan fingerprint density at radius 2 is 1.73 bits per heavy atom. The quantitative estimate of drug-likeness (QED) is 0.565. The van der Waals surface area contributed by atoms with Crippen LogP contribution in [0.2, 0.25) is 0 Å². The van der Waals surface area contributed by atoms with Crippen molar-refractivity contribution in [3.05, 3.63) is 71.8 Å². The SMILES string of the molecule is COc1cc(CNC(=O)COC(=O)c2ccc3ccccc3c2)ccc1OC(F)F. The molecule has 0 aliphatic heterocycles. The number of carbonyl (C=O) groups excluding carboxylic acids is 2. The number of ether oxygens (including phenoxy) is 3. The van der Waals surface area contributed by atoms with Crippen LogP contribution in [0.4, 0.5) is 8.78 Å². The van der Waals surface area contributed by atoms with E-state index in [1.807, 2.05) is 24.3 Å². The number of rotatable bonds is 8. The average Bonchev–Trinajstić information content (AvgIpc) is 2.76. The molecule has 6 nitrogen and oxygen atoms in total. The molecule has 0 heterocycles. The highest BCUT2D eigenvalue weighted by atomic mass is 19.3. The lowest BCUT2D eigenvalue weighted by atomic mass is 10.1. The van der Waals surface area contributed by atoms with Crippen LogP contribution in [0.25, 0.3) is 10.8 Å². The Balaban J connectivity index is 1.52. The largest absolute Gasteiger partial charge is 0.493 e. The number of hydrogen-bond donors (Lipinski definition) is 1. The molecule has 0 atom stereocenters. The van der Waals surface area contributed by atoms with E-state index in [0.717, 1.165) is 10.8 Å². The zero-order chi connectivity index (χ0) is 21.5. The van der Waals surface area contributed by atoms with Gasteiger partial charge in [-0.05, 0) is 40.6 Å². The molecule has 0 saturated carbocycles. The highest BCUT2D eigenvalue weighted by molar-refractivity contribution is 5.96. The maximum absolute atomic E-state index is 12.4. The van der Waals surface area contributed by atoms with Gasteiger partial charge in [0.05, 0.1) is 12.7 Å². The van der Waals surface area contributed by atoms with E-state index in [4.69, 9.17) is 9.47 Å². The standard InChI is InChI=1S/C22H19F2NO5/c1-28-19-10-14(6-9-18(19)30-22(23)24)12-25-20(26)13-29-21(27)17-8-7-15-4-2-3-5-16(15)11-17/h2-11,22H,12-13H2,1H3,(H,25,26). The summed E-state index contributed by atoms with van der Waals surface area (Å²) in [7, 11) is 1.32. The highest BCUT2D eigenvalue weighted by Gasteiger charge is 2.13. The lowest BCUT2D eigenvalue weighted by molar-refractivity contribution is -0.124. The molecule has 30 heavy (non-hydrogen) atoms. The number of halogens is 2. The number of hydrogen-bond acceptors (Lipinski definition) is 5. The van der Waals surface area contributed by atoms with E-state index >= 15 is 0 Å². The third kappa shape index (κ3) is 5.44. The Hall–Kier alpha value is -3.68. The molecular weight excluding hydrogens is 396 g/mol. The monoisotopic (exact) mass is 415 g/mol. The summed E-state index contributed by atoms with van der Waals surface area (Å²) in [5.41, 5.74) is 0.948. The van der Waals surface area contributed by atoms with Gasteiger partial charge in [-0.25, -0.2) is 4.79 Å². The van der Waals surface area contributed by atoms with Crippen LogP contribution in [0.5, 0.6) is 11.5 Å². The molecule has 0 fully saturated rings. The summed E-state index contributed by atoms with van der Waals surface area (Å²) in [6, 6.07) is 17.0. The highest BCUT2D eigenvalue weighted by Crippen LogP contribution is 2.29. The van der Waals surface area contributed by atoms with Crippen molar-refractivity contribution in [3.8, 4) is 11.5 Å². The minimum absolute atomic E-state index is 0.0949. The van der Waals surface area contributed by atoms with Gasteiger partial charge in [0.25, 0.3) is 5.91 Å². The van der Waals surface area contributed by atoms with E-state index in [-0.39, 0.29) is 18.0 Å². The average molecular weight is 415 g/mol. The van der Waals surface area contributed by atoms with E-state index < -0.39 is 25.1 Å². The number of methoxy groups -OCH3 is 1. The van der Waals surface area contributed by atoms with Gasteiger partial charge in [-0.3, -0.25) is 4.79 Å². The van der Waals surface area contributed by atoms with Crippen LogP contribution in [0, 0.1) is 0 Å². The number of nitrogens with one attached hydrogen (secondary N) is 1. The number of amides is 1. The zero-order valence-corrected chi connectivity index (χ0v) is 16.1. The van der Waals surface area contributed by atoms with Crippen molar-refractivity contribution >= 4 is 22.6 Å². The fourth-order valence-corrected chi connectivity index (χ4v) is 2.80. The third-order valence-corrected chi connectivity index (χ3v) is 4.25. The van der Waals surface area contributed by atoms with Crippen LogP contribution in [0.3, 0.4) is 0 Å². The van der Waals surface area contributed by atoms with E-state index in [1.54, 1.807) is 18.2 Å². The van der Waals surface area contributed by atoms with E-state index in [9.17, 15) is 18.4 Å². The summed E-state index contributed by atoms with van der Waals surface area (Å²) in [4.78, 5) is 24.2. The predicted octanol–water partition coefficient (Wildman–Crippen LogP) is 3.92. The van der Waals surface area contributed by atoms with Crippen LogP contribution < -0.4 is 14.8 Å². The van der Waals surface area contributed by atoms with Gasteiger partial charge in [0, 0.05) is 6.54 Å². The van der Waals surface area contributed by atoms with Gasteiger partial charge in [0.15, 0.2) is 18.1 Å². The smallest absolute Gasteiger partial charge is 0.387 e. The lowest BCUT2D eigenvalue weighted by Crippen LogP contribution is -2.28. The Bertz CT molecular complexity index is 1050.